The van der Waals surface area contributed by atoms with E-state index >= 15 is 0 Å². The average Bonchev–Trinajstić information content (AvgIpc) is 2.71. The maximum Gasteiger partial charge on any atom is 0.416 e. The molecule has 1 fully saturated rings. The van der Waals surface area contributed by atoms with E-state index in [1.807, 2.05) is 0 Å². The summed E-state index contributed by atoms with van der Waals surface area (Å²) in [7, 11) is 0. The van der Waals surface area contributed by atoms with Crippen LogP contribution in [0.1, 0.15) is 29.8 Å². The lowest BCUT2D eigenvalue weighted by Crippen LogP contribution is -2.48. The molecule has 0 spiro atoms. The summed E-state index contributed by atoms with van der Waals surface area (Å²) in [5.41, 5.74) is 0.862. The van der Waals surface area contributed by atoms with Crippen LogP contribution in [0.5, 0.6) is 0 Å². The molecule has 1 heterocycles. The van der Waals surface area contributed by atoms with Gasteiger partial charge in [-0.3, -0.25) is 9.69 Å². The molecule has 0 radical (unpaired) electrons. The number of benzene rings is 2. The van der Waals surface area contributed by atoms with Crippen LogP contribution in [0.2, 0.25) is 0 Å². The van der Waals surface area contributed by atoms with Gasteiger partial charge in [-0.25, -0.2) is 0 Å². The zero-order valence-electron chi connectivity index (χ0n) is 17.2. The number of nitrogens with one attached hydrogen (secondary N) is 1. The molecule has 162 valence electrons. The number of morpholine rings is 1. The molecule has 1 aliphatic rings. The van der Waals surface area contributed by atoms with Gasteiger partial charge in [-0.05, 0) is 35.2 Å². The highest BCUT2D eigenvalue weighted by Crippen LogP contribution is 2.31. The molecule has 30 heavy (non-hydrogen) atoms. The number of carbonyl (C=O) groups excluding carboxylic acids is 1. The number of alkyl halides is 3. The monoisotopic (exact) mass is 420 g/mol. The molecule has 0 bridgehead atoms. The van der Waals surface area contributed by atoms with E-state index in [4.69, 9.17) is 4.74 Å². The zero-order chi connectivity index (χ0) is 21.7. The largest absolute Gasteiger partial charge is 0.416 e. The van der Waals surface area contributed by atoms with Crippen molar-refractivity contribution in [2.45, 2.75) is 26.1 Å². The number of ether oxygens (including phenoxy) is 1. The quantitative estimate of drug-likeness (QED) is 0.750. The summed E-state index contributed by atoms with van der Waals surface area (Å²) >= 11 is 0. The highest BCUT2D eigenvalue weighted by Gasteiger charge is 2.30. The molecule has 4 nitrogen and oxygen atoms in total. The summed E-state index contributed by atoms with van der Waals surface area (Å²) in [4.78, 5) is 15.1. The highest BCUT2D eigenvalue weighted by atomic mass is 19.4. The summed E-state index contributed by atoms with van der Waals surface area (Å²) in [6.45, 7) is 8.00. The smallest absolute Gasteiger partial charge is 0.374 e. The van der Waals surface area contributed by atoms with Gasteiger partial charge >= 0.3 is 6.18 Å². The summed E-state index contributed by atoms with van der Waals surface area (Å²) in [5, 5.41) is 2.92. The summed E-state index contributed by atoms with van der Waals surface area (Å²) in [6.07, 6.45) is -4.47. The fraction of sp³-hybridized carbons (Fsp3) is 0.435. The van der Waals surface area contributed by atoms with Crippen LogP contribution in [-0.4, -0.2) is 49.7 Å². The lowest BCUT2D eigenvalue weighted by atomic mass is 9.98. The lowest BCUT2D eigenvalue weighted by molar-refractivity contribution is -0.137. The second kappa shape index (κ2) is 9.62. The van der Waals surface area contributed by atoms with Crippen LogP contribution in [-0.2, 0) is 10.9 Å². The Hall–Kier alpha value is -2.38. The number of amides is 1. The predicted molar refractivity (Wildman–Crippen MR) is 110 cm³/mol. The van der Waals surface area contributed by atoms with Gasteiger partial charge in [0.15, 0.2) is 0 Å². The average molecular weight is 420 g/mol. The van der Waals surface area contributed by atoms with Gasteiger partial charge < -0.3 is 10.1 Å². The molecule has 0 aromatic heterocycles. The van der Waals surface area contributed by atoms with Gasteiger partial charge in [0.25, 0.3) is 5.91 Å². The van der Waals surface area contributed by atoms with E-state index in [-0.39, 0.29) is 12.0 Å². The molecule has 2 aromatic rings. The predicted octanol–water partition coefficient (Wildman–Crippen LogP) is 4.46. The van der Waals surface area contributed by atoms with Crippen LogP contribution in [0.25, 0.3) is 11.1 Å². The van der Waals surface area contributed by atoms with Gasteiger partial charge in [0, 0.05) is 31.7 Å². The normalized spacial score (nSPS) is 17.9. The van der Waals surface area contributed by atoms with Crippen LogP contribution in [0, 0.1) is 5.92 Å². The van der Waals surface area contributed by atoms with Crippen molar-refractivity contribution in [2.24, 2.45) is 5.92 Å². The molecule has 0 aliphatic carbocycles. The molecular weight excluding hydrogens is 393 g/mol. The van der Waals surface area contributed by atoms with Crippen LogP contribution in [0.3, 0.4) is 0 Å². The van der Waals surface area contributed by atoms with E-state index in [9.17, 15) is 18.0 Å². The van der Waals surface area contributed by atoms with Gasteiger partial charge in [0.1, 0.15) is 0 Å². The van der Waals surface area contributed by atoms with Crippen molar-refractivity contribution in [1.29, 1.82) is 0 Å². The Labute approximate surface area is 175 Å². The molecule has 1 saturated heterocycles. The Morgan fingerprint density at radius 3 is 2.53 bits per heavy atom. The number of hydrogen-bond donors (Lipinski definition) is 1. The molecule has 1 atom stereocenters. The third-order valence-electron chi connectivity index (χ3n) is 5.03. The zero-order valence-corrected chi connectivity index (χ0v) is 17.2. The SMILES string of the molecule is CC(C)CN1CCO[C@@H](CNC(=O)c2ccccc2-c2ccc(C(F)(F)F)cc2)C1. The molecule has 3 rings (SSSR count). The van der Waals surface area contributed by atoms with Crippen molar-refractivity contribution in [3.8, 4) is 11.1 Å². The number of carbonyl (C=O) groups is 1. The van der Waals surface area contributed by atoms with Crippen molar-refractivity contribution in [1.82, 2.24) is 10.2 Å². The van der Waals surface area contributed by atoms with Crippen molar-refractivity contribution < 1.29 is 22.7 Å². The minimum Gasteiger partial charge on any atom is -0.374 e. The van der Waals surface area contributed by atoms with Crippen molar-refractivity contribution in [3.63, 3.8) is 0 Å². The van der Waals surface area contributed by atoms with E-state index < -0.39 is 11.7 Å². The van der Waals surface area contributed by atoms with E-state index in [2.05, 4.69) is 24.1 Å². The van der Waals surface area contributed by atoms with Crippen LogP contribution >= 0.6 is 0 Å². The van der Waals surface area contributed by atoms with E-state index in [0.29, 0.717) is 35.8 Å². The molecule has 0 saturated carbocycles. The third-order valence-corrected chi connectivity index (χ3v) is 5.03. The van der Waals surface area contributed by atoms with Gasteiger partial charge in [-0.15, -0.1) is 0 Å². The molecular formula is C23H27F3N2O2. The Balaban J connectivity index is 1.67. The highest BCUT2D eigenvalue weighted by molar-refractivity contribution is 6.00. The van der Waals surface area contributed by atoms with Gasteiger partial charge in [-0.1, -0.05) is 44.2 Å². The van der Waals surface area contributed by atoms with Crippen LogP contribution < -0.4 is 5.32 Å². The van der Waals surface area contributed by atoms with Crippen LogP contribution in [0.15, 0.2) is 48.5 Å². The fourth-order valence-corrected chi connectivity index (χ4v) is 3.66. The standard InChI is InChI=1S/C23H27F3N2O2/c1-16(2)14-28-11-12-30-19(15-28)13-27-22(29)21-6-4-3-5-20(21)17-7-9-18(10-8-17)23(24,25)26/h3-10,16,19H,11-15H2,1-2H3,(H,27,29)/t19-/m0/s1. The first-order chi connectivity index (χ1) is 14.2. The van der Waals surface area contributed by atoms with Gasteiger partial charge in [0.2, 0.25) is 0 Å². The minimum absolute atomic E-state index is 0.0836. The number of rotatable bonds is 6. The Morgan fingerprint density at radius 2 is 1.87 bits per heavy atom. The van der Waals surface area contributed by atoms with Gasteiger partial charge in [-0.2, -0.15) is 13.2 Å². The van der Waals surface area contributed by atoms with E-state index in [1.54, 1.807) is 24.3 Å². The first-order valence-corrected chi connectivity index (χ1v) is 10.1. The minimum atomic E-state index is -4.39. The van der Waals surface area contributed by atoms with E-state index in [0.717, 1.165) is 31.8 Å². The summed E-state index contributed by atoms with van der Waals surface area (Å²) in [6, 6.07) is 11.8. The first kappa shape index (κ1) is 22.3. The molecule has 7 heteroatoms. The third kappa shape index (κ3) is 5.83. The maximum absolute atomic E-state index is 12.8. The van der Waals surface area contributed by atoms with E-state index in [1.165, 1.54) is 12.1 Å². The lowest BCUT2D eigenvalue weighted by Gasteiger charge is -2.34. The Kier molecular flexibility index (Phi) is 7.15. The summed E-state index contributed by atoms with van der Waals surface area (Å²) in [5.74, 6) is 0.295. The number of nitrogens with zero attached hydrogens (tertiary/aromatic N) is 1. The topological polar surface area (TPSA) is 41.6 Å². The number of halogens is 3. The number of hydrogen-bond acceptors (Lipinski definition) is 3. The molecule has 1 N–H and O–H groups in total. The first-order valence-electron chi connectivity index (χ1n) is 10.1. The molecule has 0 unspecified atom stereocenters. The molecule has 2 aromatic carbocycles. The second-order valence-corrected chi connectivity index (χ2v) is 7.98. The maximum atomic E-state index is 12.8. The van der Waals surface area contributed by atoms with Gasteiger partial charge in [0.05, 0.1) is 18.3 Å². The fourth-order valence-electron chi connectivity index (χ4n) is 3.66. The van der Waals surface area contributed by atoms with Crippen LogP contribution in [0.4, 0.5) is 13.2 Å². The van der Waals surface area contributed by atoms with Crippen molar-refractivity contribution in [2.75, 3.05) is 32.8 Å². The Bertz CT molecular complexity index is 850. The summed E-state index contributed by atoms with van der Waals surface area (Å²) < 4.78 is 44.2. The Morgan fingerprint density at radius 1 is 1.17 bits per heavy atom. The molecule has 1 amide bonds. The second-order valence-electron chi connectivity index (χ2n) is 7.98. The molecule has 1 aliphatic heterocycles. The van der Waals surface area contributed by atoms with Crippen molar-refractivity contribution in [3.05, 3.63) is 59.7 Å². The van der Waals surface area contributed by atoms with Crippen molar-refractivity contribution >= 4 is 5.91 Å².